The number of fused-ring (bicyclic) bond motifs is 1. The van der Waals surface area contributed by atoms with Gasteiger partial charge in [-0.05, 0) is 20.3 Å². The van der Waals surface area contributed by atoms with Crippen LogP contribution in [0.25, 0.3) is 5.78 Å². The van der Waals surface area contributed by atoms with Crippen LogP contribution < -0.4 is 4.90 Å². The zero-order chi connectivity index (χ0) is 18.6. The van der Waals surface area contributed by atoms with Crippen LogP contribution in [-0.4, -0.2) is 45.4 Å². The second-order valence-electron chi connectivity index (χ2n) is 7.03. The van der Waals surface area contributed by atoms with E-state index < -0.39 is 12.0 Å². The third kappa shape index (κ3) is 2.94. The van der Waals surface area contributed by atoms with Crippen LogP contribution in [0.2, 0.25) is 0 Å². The van der Waals surface area contributed by atoms with Gasteiger partial charge in [-0.2, -0.15) is 22.7 Å². The number of aryl methyl sites for hydroxylation is 1. The summed E-state index contributed by atoms with van der Waals surface area (Å²) in [5.74, 6) is -0.688. The summed E-state index contributed by atoms with van der Waals surface area (Å²) in [7, 11) is 1.86. The summed E-state index contributed by atoms with van der Waals surface area (Å²) in [4.78, 5) is 9.56. The van der Waals surface area contributed by atoms with Crippen LogP contribution in [0.4, 0.5) is 19.0 Å². The molecule has 0 spiro atoms. The third-order valence-corrected chi connectivity index (χ3v) is 5.00. The monoisotopic (exact) mass is 357 g/mol. The van der Waals surface area contributed by atoms with Gasteiger partial charge in [0.2, 0.25) is 0 Å². The average Bonchev–Trinajstić information content (AvgIpc) is 2.93. The summed E-state index contributed by atoms with van der Waals surface area (Å²) < 4.78 is 45.8. The van der Waals surface area contributed by atoms with Crippen molar-refractivity contribution >= 4 is 11.6 Å². The molecule has 2 heterocycles. The van der Waals surface area contributed by atoms with E-state index in [4.69, 9.17) is 4.74 Å². The van der Waals surface area contributed by atoms with Crippen LogP contribution in [0, 0.1) is 12.3 Å². The predicted molar refractivity (Wildman–Crippen MR) is 86.5 cm³/mol. The SMILES string of the molecule is CCOC1CC(N(C)c2cc(C)nc3nc(C(F)(F)F)nn23)C1(C)C. The Labute approximate surface area is 144 Å². The lowest BCUT2D eigenvalue weighted by atomic mass is 9.64. The Kier molecular flexibility index (Phi) is 4.17. The van der Waals surface area contributed by atoms with E-state index in [9.17, 15) is 13.2 Å². The van der Waals surface area contributed by atoms with E-state index in [1.807, 2.05) is 18.9 Å². The van der Waals surface area contributed by atoms with E-state index in [0.29, 0.717) is 18.1 Å². The molecule has 0 radical (unpaired) electrons. The van der Waals surface area contributed by atoms with Crippen LogP contribution in [-0.2, 0) is 10.9 Å². The molecule has 3 rings (SSSR count). The Morgan fingerprint density at radius 2 is 2.04 bits per heavy atom. The fraction of sp³-hybridized carbons (Fsp3) is 0.688. The molecule has 1 aliphatic rings. The van der Waals surface area contributed by atoms with Crippen molar-refractivity contribution in [1.82, 2.24) is 19.6 Å². The van der Waals surface area contributed by atoms with Crippen LogP contribution in [0.5, 0.6) is 0 Å². The molecule has 0 aromatic carbocycles. The number of hydrogen-bond donors (Lipinski definition) is 0. The van der Waals surface area contributed by atoms with Gasteiger partial charge in [-0.15, -0.1) is 5.10 Å². The average molecular weight is 357 g/mol. The Bertz CT molecular complexity index is 786. The van der Waals surface area contributed by atoms with E-state index in [2.05, 4.69) is 28.9 Å². The van der Waals surface area contributed by atoms with Gasteiger partial charge in [-0.3, -0.25) is 0 Å². The molecule has 0 saturated heterocycles. The Morgan fingerprint density at radius 3 is 2.60 bits per heavy atom. The normalized spacial score (nSPS) is 22.9. The molecule has 0 bridgehead atoms. The standard InChI is InChI=1S/C16H22F3N5O/c1-6-25-11-8-10(15(11,3)4)23(5)12-7-9(2)20-14-21-13(16(17,18)19)22-24(12)14/h7,10-11H,6,8H2,1-5H3. The molecule has 1 saturated carbocycles. The Morgan fingerprint density at radius 1 is 1.36 bits per heavy atom. The maximum Gasteiger partial charge on any atom is 0.453 e. The number of nitrogens with zero attached hydrogens (tertiary/aromatic N) is 5. The summed E-state index contributed by atoms with van der Waals surface area (Å²) in [6.07, 6.45) is -3.67. The van der Waals surface area contributed by atoms with Crippen LogP contribution in [0.3, 0.4) is 0 Å². The first-order valence-corrected chi connectivity index (χ1v) is 8.21. The first-order valence-electron chi connectivity index (χ1n) is 8.21. The Balaban J connectivity index is 1.99. The molecule has 2 atom stereocenters. The molecule has 2 aromatic rings. The molecule has 0 amide bonds. The zero-order valence-corrected chi connectivity index (χ0v) is 14.9. The molecule has 1 aliphatic carbocycles. The van der Waals surface area contributed by atoms with E-state index in [1.165, 1.54) is 4.52 Å². The molecule has 2 unspecified atom stereocenters. The van der Waals surface area contributed by atoms with Gasteiger partial charge in [0.1, 0.15) is 5.82 Å². The summed E-state index contributed by atoms with van der Waals surface area (Å²) >= 11 is 0. The van der Waals surface area contributed by atoms with Crippen molar-refractivity contribution in [3.05, 3.63) is 17.6 Å². The minimum atomic E-state index is -4.60. The predicted octanol–water partition coefficient (Wildman–Crippen LogP) is 3.09. The maximum absolute atomic E-state index is 13.0. The highest BCUT2D eigenvalue weighted by molar-refractivity contribution is 5.49. The van der Waals surface area contributed by atoms with Crippen LogP contribution in [0.15, 0.2) is 6.07 Å². The number of ether oxygens (including phenoxy) is 1. The summed E-state index contributed by atoms with van der Waals surface area (Å²) in [5.41, 5.74) is 0.468. The molecule has 1 fully saturated rings. The van der Waals surface area contributed by atoms with Crippen molar-refractivity contribution in [3.63, 3.8) is 0 Å². The number of rotatable bonds is 4. The molecule has 138 valence electrons. The highest BCUT2D eigenvalue weighted by atomic mass is 19.4. The van der Waals surface area contributed by atoms with Crippen LogP contribution in [0.1, 0.15) is 38.7 Å². The fourth-order valence-corrected chi connectivity index (χ4v) is 3.50. The number of hydrogen-bond acceptors (Lipinski definition) is 5. The highest BCUT2D eigenvalue weighted by Gasteiger charge is 2.51. The molecule has 0 N–H and O–H groups in total. The lowest BCUT2D eigenvalue weighted by Gasteiger charge is -2.55. The first kappa shape index (κ1) is 17.9. The quantitative estimate of drug-likeness (QED) is 0.842. The van der Waals surface area contributed by atoms with Crippen molar-refractivity contribution in [3.8, 4) is 0 Å². The molecule has 2 aromatic heterocycles. The second-order valence-corrected chi connectivity index (χ2v) is 7.03. The molecule has 0 aliphatic heterocycles. The lowest BCUT2D eigenvalue weighted by Crippen LogP contribution is -2.61. The van der Waals surface area contributed by atoms with E-state index >= 15 is 0 Å². The summed E-state index contributed by atoms with van der Waals surface area (Å²) in [6, 6.07) is 1.85. The number of alkyl halides is 3. The fourth-order valence-electron chi connectivity index (χ4n) is 3.50. The zero-order valence-electron chi connectivity index (χ0n) is 14.9. The Hall–Kier alpha value is -1.90. The van der Waals surface area contributed by atoms with E-state index in [0.717, 1.165) is 6.42 Å². The van der Waals surface area contributed by atoms with Crippen molar-refractivity contribution < 1.29 is 17.9 Å². The number of aromatic nitrogens is 4. The first-order chi connectivity index (χ1) is 11.6. The van der Waals surface area contributed by atoms with Gasteiger partial charge < -0.3 is 9.64 Å². The summed E-state index contributed by atoms with van der Waals surface area (Å²) in [5, 5.41) is 3.64. The second kappa shape index (κ2) is 5.82. The van der Waals surface area contributed by atoms with Gasteiger partial charge in [0, 0.05) is 36.9 Å². The maximum atomic E-state index is 13.0. The van der Waals surface area contributed by atoms with Gasteiger partial charge in [0.25, 0.3) is 11.6 Å². The van der Waals surface area contributed by atoms with Crippen molar-refractivity contribution in [2.24, 2.45) is 5.41 Å². The molecular formula is C16H22F3N5O. The van der Waals surface area contributed by atoms with Gasteiger partial charge >= 0.3 is 6.18 Å². The highest BCUT2D eigenvalue weighted by Crippen LogP contribution is 2.46. The van der Waals surface area contributed by atoms with Gasteiger partial charge in [-0.1, -0.05) is 13.8 Å². The minimum Gasteiger partial charge on any atom is -0.378 e. The number of halogens is 3. The van der Waals surface area contributed by atoms with E-state index in [-0.39, 0.29) is 23.3 Å². The third-order valence-electron chi connectivity index (χ3n) is 5.00. The summed E-state index contributed by atoms with van der Waals surface area (Å²) in [6.45, 7) is 8.53. The number of anilines is 1. The molecule has 9 heteroatoms. The van der Waals surface area contributed by atoms with Gasteiger partial charge in [-0.25, -0.2) is 4.98 Å². The lowest BCUT2D eigenvalue weighted by molar-refractivity contribution is -0.144. The topological polar surface area (TPSA) is 55.5 Å². The molecule has 25 heavy (non-hydrogen) atoms. The minimum absolute atomic E-state index is 0.0485. The van der Waals surface area contributed by atoms with Crippen LogP contribution >= 0.6 is 0 Å². The van der Waals surface area contributed by atoms with Crippen molar-refractivity contribution in [1.29, 1.82) is 0 Å². The van der Waals surface area contributed by atoms with Gasteiger partial charge in [0.05, 0.1) is 6.10 Å². The van der Waals surface area contributed by atoms with E-state index in [1.54, 1.807) is 13.0 Å². The largest absolute Gasteiger partial charge is 0.453 e. The van der Waals surface area contributed by atoms with Crippen molar-refractivity contribution in [2.75, 3.05) is 18.6 Å². The molecule has 6 nitrogen and oxygen atoms in total. The van der Waals surface area contributed by atoms with Gasteiger partial charge in [0.15, 0.2) is 0 Å². The smallest absolute Gasteiger partial charge is 0.378 e. The van der Waals surface area contributed by atoms with Crippen molar-refractivity contribution in [2.45, 2.75) is 52.4 Å². The molecular weight excluding hydrogens is 335 g/mol.